The van der Waals surface area contributed by atoms with E-state index in [0.29, 0.717) is 12.2 Å². The second kappa shape index (κ2) is 6.49. The van der Waals surface area contributed by atoms with E-state index in [9.17, 15) is 13.2 Å². The molecule has 0 aliphatic rings. The molecule has 0 fully saturated rings. The average Bonchev–Trinajstić information content (AvgIpc) is 2.97. The molecule has 2 nitrogen and oxygen atoms in total. The molecule has 0 bridgehead atoms. The van der Waals surface area contributed by atoms with Gasteiger partial charge in [-0.25, -0.2) is 0 Å². The number of alkyl halides is 3. The number of ether oxygens (including phenoxy) is 1. The first-order chi connectivity index (χ1) is 9.91. The minimum atomic E-state index is -4.34. The smallest absolute Gasteiger partial charge is 0.416 e. The third kappa shape index (κ3) is 3.98. The number of hydrogen-bond acceptors (Lipinski definition) is 3. The SMILES string of the molecule is CCC(N)C(Oc1ccc(C(F)(F)F)cc1)c1ccsc1. The van der Waals surface area contributed by atoms with Gasteiger partial charge in [-0.3, -0.25) is 0 Å². The highest BCUT2D eigenvalue weighted by atomic mass is 32.1. The molecule has 2 unspecified atom stereocenters. The Balaban J connectivity index is 2.17. The molecule has 0 amide bonds. The lowest BCUT2D eigenvalue weighted by molar-refractivity contribution is -0.137. The Hall–Kier alpha value is -1.53. The third-order valence-electron chi connectivity index (χ3n) is 3.18. The summed E-state index contributed by atoms with van der Waals surface area (Å²) in [5, 5.41) is 3.85. The van der Waals surface area contributed by atoms with Crippen molar-refractivity contribution in [2.24, 2.45) is 5.73 Å². The summed E-state index contributed by atoms with van der Waals surface area (Å²) >= 11 is 1.53. The molecule has 0 radical (unpaired) electrons. The normalized spacial score (nSPS) is 14.7. The molecule has 1 heterocycles. The maximum absolute atomic E-state index is 12.5. The molecule has 6 heteroatoms. The van der Waals surface area contributed by atoms with Crippen molar-refractivity contribution >= 4 is 11.3 Å². The van der Waals surface area contributed by atoms with Gasteiger partial charge in [-0.15, -0.1) is 0 Å². The molecule has 1 aromatic heterocycles. The molecular formula is C15H16F3NOS. The van der Waals surface area contributed by atoms with Crippen molar-refractivity contribution in [1.82, 2.24) is 0 Å². The average molecular weight is 315 g/mol. The van der Waals surface area contributed by atoms with E-state index in [1.54, 1.807) is 0 Å². The van der Waals surface area contributed by atoms with Gasteiger partial charge in [0.2, 0.25) is 0 Å². The molecule has 2 N–H and O–H groups in total. The van der Waals surface area contributed by atoms with Gasteiger partial charge in [0.15, 0.2) is 0 Å². The molecule has 0 spiro atoms. The summed E-state index contributed by atoms with van der Waals surface area (Å²) < 4.78 is 43.4. The summed E-state index contributed by atoms with van der Waals surface area (Å²) in [5.41, 5.74) is 6.30. The van der Waals surface area contributed by atoms with Gasteiger partial charge < -0.3 is 10.5 Å². The fourth-order valence-corrected chi connectivity index (χ4v) is 2.61. The van der Waals surface area contributed by atoms with Gasteiger partial charge in [-0.2, -0.15) is 24.5 Å². The van der Waals surface area contributed by atoms with Crippen LogP contribution in [0.3, 0.4) is 0 Å². The fraction of sp³-hybridized carbons (Fsp3) is 0.333. The van der Waals surface area contributed by atoms with Crippen LogP contribution in [0.1, 0.15) is 30.6 Å². The third-order valence-corrected chi connectivity index (χ3v) is 3.88. The van der Waals surface area contributed by atoms with E-state index in [-0.39, 0.29) is 12.1 Å². The van der Waals surface area contributed by atoms with Crippen LogP contribution in [0.2, 0.25) is 0 Å². The maximum atomic E-state index is 12.5. The first-order valence-electron chi connectivity index (χ1n) is 6.53. The minimum Gasteiger partial charge on any atom is -0.484 e. The van der Waals surface area contributed by atoms with Crippen molar-refractivity contribution in [2.45, 2.75) is 31.7 Å². The van der Waals surface area contributed by atoms with E-state index < -0.39 is 11.7 Å². The molecule has 114 valence electrons. The highest BCUT2D eigenvalue weighted by Gasteiger charge is 2.30. The molecule has 2 aromatic rings. The lowest BCUT2D eigenvalue weighted by Gasteiger charge is -2.24. The van der Waals surface area contributed by atoms with Gasteiger partial charge >= 0.3 is 6.18 Å². The first kappa shape index (κ1) is 15.9. The fourth-order valence-electron chi connectivity index (χ4n) is 1.92. The van der Waals surface area contributed by atoms with Crippen molar-refractivity contribution < 1.29 is 17.9 Å². The van der Waals surface area contributed by atoms with E-state index in [4.69, 9.17) is 10.5 Å². The predicted octanol–water partition coefficient (Wildman–Crippen LogP) is 4.62. The zero-order valence-electron chi connectivity index (χ0n) is 11.4. The number of halogens is 3. The van der Waals surface area contributed by atoms with Crippen LogP contribution in [-0.4, -0.2) is 6.04 Å². The molecule has 0 saturated carbocycles. The van der Waals surface area contributed by atoms with Gasteiger partial charge in [0.05, 0.1) is 5.56 Å². The Morgan fingerprint density at radius 1 is 1.19 bits per heavy atom. The van der Waals surface area contributed by atoms with Gasteiger partial charge in [-0.05, 0) is 47.5 Å². The summed E-state index contributed by atoms with van der Waals surface area (Å²) in [5.74, 6) is 0.378. The molecule has 2 rings (SSSR count). The Morgan fingerprint density at radius 3 is 2.33 bits per heavy atom. The lowest BCUT2D eigenvalue weighted by Crippen LogP contribution is -2.31. The van der Waals surface area contributed by atoms with E-state index in [1.165, 1.54) is 23.5 Å². The Bertz CT molecular complexity index is 551. The predicted molar refractivity (Wildman–Crippen MR) is 77.4 cm³/mol. The van der Waals surface area contributed by atoms with Gasteiger partial charge in [-0.1, -0.05) is 6.92 Å². The summed E-state index contributed by atoms with van der Waals surface area (Å²) in [6, 6.07) is 6.36. The molecular weight excluding hydrogens is 299 g/mol. The summed E-state index contributed by atoms with van der Waals surface area (Å²) in [6.45, 7) is 1.94. The van der Waals surface area contributed by atoms with Gasteiger partial charge in [0.25, 0.3) is 0 Å². The number of thiophene rings is 1. The van der Waals surface area contributed by atoms with E-state index in [2.05, 4.69) is 0 Å². The Morgan fingerprint density at radius 2 is 1.86 bits per heavy atom. The zero-order chi connectivity index (χ0) is 15.5. The van der Waals surface area contributed by atoms with E-state index >= 15 is 0 Å². The molecule has 0 saturated heterocycles. The quantitative estimate of drug-likeness (QED) is 0.873. The van der Waals surface area contributed by atoms with Crippen LogP contribution in [0.5, 0.6) is 5.75 Å². The van der Waals surface area contributed by atoms with Crippen LogP contribution >= 0.6 is 11.3 Å². The highest BCUT2D eigenvalue weighted by Crippen LogP contribution is 2.32. The molecule has 0 aliphatic carbocycles. The topological polar surface area (TPSA) is 35.2 Å². The number of nitrogens with two attached hydrogens (primary N) is 1. The maximum Gasteiger partial charge on any atom is 0.416 e. The van der Waals surface area contributed by atoms with E-state index in [0.717, 1.165) is 17.7 Å². The second-order valence-electron chi connectivity index (χ2n) is 4.69. The minimum absolute atomic E-state index is 0.220. The second-order valence-corrected chi connectivity index (χ2v) is 5.47. The monoisotopic (exact) mass is 315 g/mol. The number of hydrogen-bond donors (Lipinski definition) is 1. The van der Waals surface area contributed by atoms with Crippen LogP contribution in [0.25, 0.3) is 0 Å². The van der Waals surface area contributed by atoms with Crippen LogP contribution in [-0.2, 0) is 6.18 Å². The zero-order valence-corrected chi connectivity index (χ0v) is 12.2. The Kier molecular flexibility index (Phi) is 4.90. The van der Waals surface area contributed by atoms with Crippen LogP contribution in [0.15, 0.2) is 41.1 Å². The summed E-state index contributed by atoms with van der Waals surface area (Å²) in [7, 11) is 0. The van der Waals surface area contributed by atoms with Crippen molar-refractivity contribution in [2.75, 3.05) is 0 Å². The van der Waals surface area contributed by atoms with E-state index in [1.807, 2.05) is 23.8 Å². The van der Waals surface area contributed by atoms with Crippen LogP contribution < -0.4 is 10.5 Å². The standard InChI is InChI=1S/C15H16F3NOS/c1-2-13(19)14(10-7-8-21-9-10)20-12-5-3-11(4-6-12)15(16,17)18/h3-9,13-14H,2,19H2,1H3. The van der Waals surface area contributed by atoms with Crippen molar-refractivity contribution in [3.63, 3.8) is 0 Å². The molecule has 0 aliphatic heterocycles. The Labute approximate surface area is 125 Å². The molecule has 2 atom stereocenters. The van der Waals surface area contributed by atoms with Crippen molar-refractivity contribution in [3.05, 3.63) is 52.2 Å². The number of rotatable bonds is 5. The summed E-state index contributed by atoms with van der Waals surface area (Å²) in [4.78, 5) is 0. The summed E-state index contributed by atoms with van der Waals surface area (Å²) in [6.07, 6.45) is -4.00. The first-order valence-corrected chi connectivity index (χ1v) is 7.47. The van der Waals surface area contributed by atoms with Gasteiger partial charge in [0, 0.05) is 11.6 Å². The highest BCUT2D eigenvalue weighted by molar-refractivity contribution is 7.07. The number of benzene rings is 1. The van der Waals surface area contributed by atoms with Crippen LogP contribution in [0.4, 0.5) is 13.2 Å². The lowest BCUT2D eigenvalue weighted by atomic mass is 10.0. The molecule has 21 heavy (non-hydrogen) atoms. The molecule has 1 aromatic carbocycles. The van der Waals surface area contributed by atoms with Crippen molar-refractivity contribution in [1.29, 1.82) is 0 Å². The van der Waals surface area contributed by atoms with Crippen LogP contribution in [0, 0.1) is 0 Å². The van der Waals surface area contributed by atoms with Gasteiger partial charge in [0.1, 0.15) is 11.9 Å². The largest absolute Gasteiger partial charge is 0.484 e. The van der Waals surface area contributed by atoms with Crippen molar-refractivity contribution in [3.8, 4) is 5.75 Å².